The highest BCUT2D eigenvalue weighted by atomic mass is 32.1. The predicted molar refractivity (Wildman–Crippen MR) is 79.7 cm³/mol. The number of hydrogen-bond donors (Lipinski definition) is 1. The lowest BCUT2D eigenvalue weighted by Gasteiger charge is -2.28. The Morgan fingerprint density at radius 1 is 1.45 bits per heavy atom. The Labute approximate surface area is 122 Å². The maximum absolute atomic E-state index is 12.0. The molecule has 1 aliphatic carbocycles. The second-order valence-corrected chi connectivity index (χ2v) is 6.16. The minimum Gasteiger partial charge on any atom is -0.462 e. The predicted octanol–water partition coefficient (Wildman–Crippen LogP) is 2.22. The number of morpholine rings is 1. The Hall–Kier alpha value is -1.27. The topological polar surface area (TPSA) is 64.8 Å². The van der Waals surface area contributed by atoms with E-state index in [0.717, 1.165) is 31.3 Å². The van der Waals surface area contributed by atoms with Gasteiger partial charge in [0.25, 0.3) is 0 Å². The van der Waals surface area contributed by atoms with E-state index in [9.17, 15) is 4.79 Å². The van der Waals surface area contributed by atoms with Gasteiger partial charge in [-0.1, -0.05) is 0 Å². The van der Waals surface area contributed by atoms with Gasteiger partial charge in [0.15, 0.2) is 0 Å². The first-order valence-corrected chi connectivity index (χ1v) is 7.96. The summed E-state index contributed by atoms with van der Waals surface area (Å²) in [4.78, 5) is 14.9. The van der Waals surface area contributed by atoms with Crippen molar-refractivity contribution in [2.75, 3.05) is 43.5 Å². The van der Waals surface area contributed by atoms with E-state index in [-0.39, 0.29) is 5.97 Å². The zero-order valence-electron chi connectivity index (χ0n) is 11.7. The van der Waals surface area contributed by atoms with Crippen molar-refractivity contribution >= 4 is 28.0 Å². The summed E-state index contributed by atoms with van der Waals surface area (Å²) in [5.41, 5.74) is 8.04. The Morgan fingerprint density at radius 3 is 2.75 bits per heavy atom. The lowest BCUT2D eigenvalue weighted by Crippen LogP contribution is -2.36. The number of rotatable bonds is 4. The standard InChI is InChI=1S/C14H20N2O3S/c1-2-19-14(17)12-11(15)10(9-3-4-9)13(20-12)16-5-7-18-8-6-16/h9H,2-8,15H2,1H3. The van der Waals surface area contributed by atoms with Crippen LogP contribution in [0.15, 0.2) is 0 Å². The molecule has 0 radical (unpaired) electrons. The molecule has 2 aliphatic rings. The van der Waals surface area contributed by atoms with Gasteiger partial charge in [-0.2, -0.15) is 0 Å². The highest BCUT2D eigenvalue weighted by Crippen LogP contribution is 2.52. The van der Waals surface area contributed by atoms with Crippen LogP contribution >= 0.6 is 11.3 Å². The van der Waals surface area contributed by atoms with Gasteiger partial charge in [0.05, 0.1) is 30.5 Å². The van der Waals surface area contributed by atoms with Crippen molar-refractivity contribution < 1.29 is 14.3 Å². The van der Waals surface area contributed by atoms with Crippen molar-refractivity contribution in [3.05, 3.63) is 10.4 Å². The number of hydrogen-bond acceptors (Lipinski definition) is 6. The summed E-state index contributed by atoms with van der Waals surface area (Å²) in [6.45, 7) is 5.38. The fourth-order valence-corrected chi connectivity index (χ4v) is 3.81. The molecule has 20 heavy (non-hydrogen) atoms. The Kier molecular flexibility index (Phi) is 3.85. The molecule has 2 heterocycles. The van der Waals surface area contributed by atoms with Crippen molar-refractivity contribution in [2.24, 2.45) is 0 Å². The number of carbonyl (C=O) groups is 1. The smallest absolute Gasteiger partial charge is 0.350 e. The van der Waals surface area contributed by atoms with Gasteiger partial charge in [-0.15, -0.1) is 11.3 Å². The second-order valence-electron chi connectivity index (χ2n) is 5.16. The molecule has 1 aliphatic heterocycles. The number of thiophene rings is 1. The van der Waals surface area contributed by atoms with E-state index in [1.807, 2.05) is 6.92 Å². The largest absolute Gasteiger partial charge is 0.462 e. The summed E-state index contributed by atoms with van der Waals surface area (Å²) in [6.07, 6.45) is 2.33. The molecule has 1 saturated carbocycles. The minimum absolute atomic E-state index is 0.295. The van der Waals surface area contributed by atoms with E-state index in [1.54, 1.807) is 0 Å². The first-order valence-electron chi connectivity index (χ1n) is 7.14. The third kappa shape index (κ3) is 2.50. The molecule has 0 amide bonds. The molecule has 1 aromatic rings. The van der Waals surface area contributed by atoms with Crippen molar-refractivity contribution in [3.8, 4) is 0 Å². The van der Waals surface area contributed by atoms with E-state index >= 15 is 0 Å². The summed E-state index contributed by atoms with van der Waals surface area (Å²) in [5, 5.41) is 1.15. The van der Waals surface area contributed by atoms with Crippen molar-refractivity contribution in [1.82, 2.24) is 0 Å². The number of nitrogens with two attached hydrogens (primary N) is 1. The van der Waals surface area contributed by atoms with Crippen LogP contribution in [0.4, 0.5) is 10.7 Å². The molecule has 0 spiro atoms. The van der Waals surface area contributed by atoms with Gasteiger partial charge in [0.2, 0.25) is 0 Å². The number of anilines is 2. The van der Waals surface area contributed by atoms with E-state index in [0.29, 0.717) is 23.1 Å². The van der Waals surface area contributed by atoms with E-state index < -0.39 is 0 Å². The molecule has 0 aromatic carbocycles. The highest BCUT2D eigenvalue weighted by molar-refractivity contribution is 7.18. The number of carbonyl (C=O) groups excluding carboxylic acids is 1. The average Bonchev–Trinajstić information content (AvgIpc) is 3.23. The molecule has 0 bridgehead atoms. The fourth-order valence-electron chi connectivity index (χ4n) is 2.56. The first kappa shape index (κ1) is 13.7. The molecular formula is C14H20N2O3S. The van der Waals surface area contributed by atoms with E-state index in [1.165, 1.54) is 29.7 Å². The average molecular weight is 296 g/mol. The zero-order valence-corrected chi connectivity index (χ0v) is 12.5. The van der Waals surface area contributed by atoms with Gasteiger partial charge in [0.1, 0.15) is 4.88 Å². The normalized spacial score (nSPS) is 19.1. The monoisotopic (exact) mass is 296 g/mol. The summed E-state index contributed by atoms with van der Waals surface area (Å²) in [7, 11) is 0. The molecule has 1 aromatic heterocycles. The zero-order chi connectivity index (χ0) is 14.1. The van der Waals surface area contributed by atoms with Crippen LogP contribution < -0.4 is 10.6 Å². The molecule has 2 N–H and O–H groups in total. The van der Waals surface area contributed by atoms with Crippen LogP contribution in [0.3, 0.4) is 0 Å². The Bertz CT molecular complexity index is 505. The third-order valence-electron chi connectivity index (χ3n) is 3.71. The molecular weight excluding hydrogens is 276 g/mol. The van der Waals surface area contributed by atoms with Crippen LogP contribution in [0.1, 0.15) is 40.9 Å². The van der Waals surface area contributed by atoms with E-state index in [2.05, 4.69) is 4.90 Å². The maximum Gasteiger partial charge on any atom is 0.350 e. The van der Waals surface area contributed by atoms with Gasteiger partial charge >= 0.3 is 5.97 Å². The number of esters is 1. The minimum atomic E-state index is -0.295. The van der Waals surface area contributed by atoms with Gasteiger partial charge in [-0.25, -0.2) is 4.79 Å². The van der Waals surface area contributed by atoms with Gasteiger partial charge in [-0.3, -0.25) is 0 Å². The molecule has 3 rings (SSSR count). The lowest BCUT2D eigenvalue weighted by molar-refractivity contribution is 0.0533. The van der Waals surface area contributed by atoms with Crippen LogP contribution in [0.25, 0.3) is 0 Å². The summed E-state index contributed by atoms with van der Waals surface area (Å²) in [6, 6.07) is 0. The Morgan fingerprint density at radius 2 is 2.15 bits per heavy atom. The molecule has 0 unspecified atom stereocenters. The van der Waals surface area contributed by atoms with Gasteiger partial charge in [-0.05, 0) is 25.7 Å². The van der Waals surface area contributed by atoms with Crippen LogP contribution in [0.2, 0.25) is 0 Å². The summed E-state index contributed by atoms with van der Waals surface area (Å²) >= 11 is 1.48. The SMILES string of the molecule is CCOC(=O)c1sc(N2CCOCC2)c(C2CC2)c1N. The maximum atomic E-state index is 12.0. The van der Waals surface area contributed by atoms with Crippen LogP contribution in [0, 0.1) is 0 Å². The third-order valence-corrected chi connectivity index (χ3v) is 4.97. The number of nitrogen functional groups attached to an aromatic ring is 1. The summed E-state index contributed by atoms with van der Waals surface area (Å²) < 4.78 is 10.5. The quantitative estimate of drug-likeness (QED) is 0.863. The van der Waals surface area contributed by atoms with Crippen LogP contribution in [0.5, 0.6) is 0 Å². The van der Waals surface area contributed by atoms with Crippen molar-refractivity contribution in [3.63, 3.8) is 0 Å². The molecule has 2 fully saturated rings. The molecule has 1 saturated heterocycles. The van der Waals surface area contributed by atoms with Crippen LogP contribution in [-0.2, 0) is 9.47 Å². The van der Waals surface area contributed by atoms with Gasteiger partial charge in [0, 0.05) is 18.7 Å². The fraction of sp³-hybridized carbons (Fsp3) is 0.643. The van der Waals surface area contributed by atoms with Gasteiger partial charge < -0.3 is 20.1 Å². The lowest BCUT2D eigenvalue weighted by atomic mass is 10.1. The highest BCUT2D eigenvalue weighted by Gasteiger charge is 2.35. The summed E-state index contributed by atoms with van der Waals surface area (Å²) in [5.74, 6) is 0.226. The first-order chi connectivity index (χ1) is 9.72. The van der Waals surface area contributed by atoms with E-state index in [4.69, 9.17) is 15.2 Å². The van der Waals surface area contributed by atoms with Crippen LogP contribution in [-0.4, -0.2) is 38.9 Å². The second kappa shape index (κ2) is 5.61. The molecule has 0 atom stereocenters. The molecule has 5 nitrogen and oxygen atoms in total. The number of nitrogens with zero attached hydrogens (tertiary/aromatic N) is 1. The van der Waals surface area contributed by atoms with Crippen molar-refractivity contribution in [1.29, 1.82) is 0 Å². The molecule has 110 valence electrons. The van der Waals surface area contributed by atoms with Crippen molar-refractivity contribution in [2.45, 2.75) is 25.7 Å². The molecule has 6 heteroatoms. The Balaban J connectivity index is 1.95. The number of ether oxygens (including phenoxy) is 2.